The number of halogens is 2. The predicted molar refractivity (Wildman–Crippen MR) is 83.4 cm³/mol. The van der Waals surface area contributed by atoms with Gasteiger partial charge in [0.15, 0.2) is 0 Å². The summed E-state index contributed by atoms with van der Waals surface area (Å²) in [5, 5.41) is 6.37. The summed E-state index contributed by atoms with van der Waals surface area (Å²) in [6.45, 7) is 6.49. The minimum absolute atomic E-state index is 0. The molecule has 2 N–H and O–H groups in total. The van der Waals surface area contributed by atoms with Gasteiger partial charge in [0.25, 0.3) is 0 Å². The van der Waals surface area contributed by atoms with Crippen LogP contribution in [0.4, 0.5) is 0 Å². The molecule has 0 aromatic rings. The lowest BCUT2D eigenvalue weighted by atomic mass is 10.1. The van der Waals surface area contributed by atoms with Gasteiger partial charge in [0.1, 0.15) is 0 Å². The maximum atomic E-state index is 11.9. The fraction of sp³-hybridized carbons (Fsp3) is 0.923. The van der Waals surface area contributed by atoms with Crippen LogP contribution in [0.5, 0.6) is 0 Å². The second-order valence-electron chi connectivity index (χ2n) is 5.42. The van der Waals surface area contributed by atoms with E-state index in [1.807, 2.05) is 0 Å². The molecule has 2 aliphatic heterocycles. The maximum Gasteiger partial charge on any atom is 0.237 e. The summed E-state index contributed by atoms with van der Waals surface area (Å²) in [5.74, 6) is 0.187. The molecule has 0 aliphatic carbocycles. The zero-order valence-corrected chi connectivity index (χ0v) is 13.3. The van der Waals surface area contributed by atoms with Crippen LogP contribution in [0.1, 0.15) is 39.0 Å². The molecule has 0 radical (unpaired) electrons. The summed E-state index contributed by atoms with van der Waals surface area (Å²) in [6.07, 6.45) is 6.10. The summed E-state index contributed by atoms with van der Waals surface area (Å²) >= 11 is 0. The van der Waals surface area contributed by atoms with Crippen molar-refractivity contribution in [2.45, 2.75) is 51.1 Å². The molecule has 2 atom stereocenters. The van der Waals surface area contributed by atoms with Gasteiger partial charge in [0.05, 0.1) is 6.04 Å². The van der Waals surface area contributed by atoms with Crippen molar-refractivity contribution in [2.75, 3.05) is 26.2 Å². The second kappa shape index (κ2) is 9.81. The number of likely N-dealkylation sites (tertiary alicyclic amines) is 1. The second-order valence-corrected chi connectivity index (χ2v) is 5.42. The summed E-state index contributed by atoms with van der Waals surface area (Å²) in [6, 6.07) is 0.321. The Morgan fingerprint density at radius 2 is 1.95 bits per heavy atom. The zero-order valence-electron chi connectivity index (χ0n) is 11.7. The van der Waals surface area contributed by atoms with Crippen LogP contribution in [0.3, 0.4) is 0 Å². The van der Waals surface area contributed by atoms with Crippen LogP contribution >= 0.6 is 24.8 Å². The molecule has 0 aromatic heterocycles. The van der Waals surface area contributed by atoms with Gasteiger partial charge in [-0.3, -0.25) is 4.79 Å². The van der Waals surface area contributed by atoms with Crippen molar-refractivity contribution in [1.29, 1.82) is 0 Å². The largest absolute Gasteiger partial charge is 0.351 e. The highest BCUT2D eigenvalue weighted by atomic mass is 35.5. The molecule has 0 saturated carbocycles. The van der Waals surface area contributed by atoms with E-state index in [1.165, 1.54) is 32.4 Å². The quantitative estimate of drug-likeness (QED) is 0.828. The average Bonchev–Trinajstić information content (AvgIpc) is 2.83. The van der Waals surface area contributed by atoms with Gasteiger partial charge < -0.3 is 15.5 Å². The van der Waals surface area contributed by atoms with Crippen LogP contribution in [0.25, 0.3) is 0 Å². The summed E-state index contributed by atoms with van der Waals surface area (Å²) in [4.78, 5) is 14.4. The third kappa shape index (κ3) is 6.30. The van der Waals surface area contributed by atoms with Gasteiger partial charge >= 0.3 is 0 Å². The fourth-order valence-electron chi connectivity index (χ4n) is 2.83. The Labute approximate surface area is 128 Å². The summed E-state index contributed by atoms with van der Waals surface area (Å²) < 4.78 is 0. The fourth-order valence-corrected chi connectivity index (χ4v) is 2.83. The third-order valence-corrected chi connectivity index (χ3v) is 3.75. The molecule has 2 aliphatic rings. The SMILES string of the molecule is CC(CN1CCCCC1)NC(=O)[C@@H]1CCCN1.Cl.Cl. The van der Waals surface area contributed by atoms with Crippen molar-refractivity contribution < 1.29 is 4.79 Å². The topological polar surface area (TPSA) is 44.4 Å². The molecule has 2 rings (SSSR count). The van der Waals surface area contributed by atoms with E-state index in [9.17, 15) is 4.79 Å². The highest BCUT2D eigenvalue weighted by Gasteiger charge is 2.23. The van der Waals surface area contributed by atoms with Gasteiger partial charge in [-0.1, -0.05) is 6.42 Å². The Morgan fingerprint density at radius 3 is 2.53 bits per heavy atom. The Hall–Kier alpha value is -0.0300. The molecule has 19 heavy (non-hydrogen) atoms. The predicted octanol–water partition coefficient (Wildman–Crippen LogP) is 1.57. The normalized spacial score (nSPS) is 25.0. The van der Waals surface area contributed by atoms with Gasteiger partial charge in [-0.05, 0) is 52.2 Å². The number of piperidine rings is 1. The van der Waals surface area contributed by atoms with Crippen LogP contribution in [-0.2, 0) is 4.79 Å². The first kappa shape index (κ1) is 19.0. The molecule has 2 fully saturated rings. The molecule has 114 valence electrons. The third-order valence-electron chi connectivity index (χ3n) is 3.75. The van der Waals surface area contributed by atoms with Gasteiger partial charge in [-0.25, -0.2) is 0 Å². The number of carbonyl (C=O) groups is 1. The van der Waals surface area contributed by atoms with E-state index in [0.717, 1.165) is 25.9 Å². The first-order valence-electron chi connectivity index (χ1n) is 7.02. The smallest absolute Gasteiger partial charge is 0.237 e. The molecule has 4 nitrogen and oxygen atoms in total. The Bertz CT molecular complexity index is 254. The highest BCUT2D eigenvalue weighted by Crippen LogP contribution is 2.09. The zero-order chi connectivity index (χ0) is 12.1. The standard InChI is InChI=1S/C13H25N3O.2ClH/c1-11(10-16-8-3-2-4-9-16)15-13(17)12-6-5-7-14-12;;/h11-12,14H,2-10H2,1H3,(H,15,17);2*1H/t11?,12-;;/m0../s1. The van der Waals surface area contributed by atoms with Crippen LogP contribution in [0, 0.1) is 0 Å². The summed E-state index contributed by atoms with van der Waals surface area (Å²) in [5.41, 5.74) is 0. The van der Waals surface area contributed by atoms with Crippen molar-refractivity contribution in [2.24, 2.45) is 0 Å². The number of amides is 1. The van der Waals surface area contributed by atoms with E-state index >= 15 is 0 Å². The Kier molecular flexibility index (Phi) is 9.79. The minimum Gasteiger partial charge on any atom is -0.351 e. The molecule has 0 bridgehead atoms. The molecule has 1 amide bonds. The van der Waals surface area contributed by atoms with E-state index < -0.39 is 0 Å². The molecule has 2 saturated heterocycles. The first-order chi connectivity index (χ1) is 8.25. The van der Waals surface area contributed by atoms with Crippen LogP contribution in [0.15, 0.2) is 0 Å². The first-order valence-corrected chi connectivity index (χ1v) is 7.02. The molecule has 0 spiro atoms. The van der Waals surface area contributed by atoms with Gasteiger partial charge in [0.2, 0.25) is 5.91 Å². The molecule has 0 aromatic carbocycles. The molecular formula is C13H27Cl2N3O. The van der Waals surface area contributed by atoms with Gasteiger partial charge in [-0.15, -0.1) is 24.8 Å². The van der Waals surface area contributed by atoms with Crippen LogP contribution in [-0.4, -0.2) is 49.1 Å². The number of hydrogen-bond acceptors (Lipinski definition) is 3. The highest BCUT2D eigenvalue weighted by molar-refractivity contribution is 5.85. The monoisotopic (exact) mass is 311 g/mol. The average molecular weight is 312 g/mol. The van der Waals surface area contributed by atoms with E-state index in [2.05, 4.69) is 22.5 Å². The van der Waals surface area contributed by atoms with Crippen LogP contribution < -0.4 is 10.6 Å². The molecule has 1 unspecified atom stereocenters. The van der Waals surface area contributed by atoms with Crippen molar-refractivity contribution in [3.8, 4) is 0 Å². The molecule has 6 heteroatoms. The summed E-state index contributed by atoms with van der Waals surface area (Å²) in [7, 11) is 0. The number of nitrogens with one attached hydrogen (secondary N) is 2. The van der Waals surface area contributed by atoms with Crippen molar-refractivity contribution >= 4 is 30.7 Å². The lowest BCUT2D eigenvalue weighted by molar-refractivity contribution is -0.123. The number of carbonyl (C=O) groups excluding carboxylic acids is 1. The lowest BCUT2D eigenvalue weighted by Crippen LogP contribution is -2.48. The van der Waals surface area contributed by atoms with Crippen molar-refractivity contribution in [3.05, 3.63) is 0 Å². The Morgan fingerprint density at radius 1 is 1.26 bits per heavy atom. The van der Waals surface area contributed by atoms with Crippen LogP contribution in [0.2, 0.25) is 0 Å². The van der Waals surface area contributed by atoms with Crippen molar-refractivity contribution in [3.63, 3.8) is 0 Å². The van der Waals surface area contributed by atoms with Crippen molar-refractivity contribution in [1.82, 2.24) is 15.5 Å². The minimum atomic E-state index is 0. The number of hydrogen-bond donors (Lipinski definition) is 2. The van der Waals surface area contributed by atoms with E-state index in [-0.39, 0.29) is 42.8 Å². The van der Waals surface area contributed by atoms with E-state index in [0.29, 0.717) is 0 Å². The van der Waals surface area contributed by atoms with Gasteiger partial charge in [-0.2, -0.15) is 0 Å². The van der Waals surface area contributed by atoms with E-state index in [1.54, 1.807) is 0 Å². The van der Waals surface area contributed by atoms with Gasteiger partial charge in [0, 0.05) is 12.6 Å². The molecule has 2 heterocycles. The van der Waals surface area contributed by atoms with E-state index in [4.69, 9.17) is 0 Å². The maximum absolute atomic E-state index is 11.9. The number of nitrogens with zero attached hydrogens (tertiary/aromatic N) is 1. The lowest BCUT2D eigenvalue weighted by Gasteiger charge is -2.29. The molecular weight excluding hydrogens is 285 g/mol. The number of rotatable bonds is 4. The Balaban J connectivity index is 0.00000162.